The lowest BCUT2D eigenvalue weighted by Gasteiger charge is -2.14. The van der Waals surface area contributed by atoms with Crippen molar-refractivity contribution in [2.45, 2.75) is 32.0 Å². The van der Waals surface area contributed by atoms with E-state index in [1.165, 1.54) is 0 Å². The van der Waals surface area contributed by atoms with Gasteiger partial charge in [0.2, 0.25) is 11.7 Å². The van der Waals surface area contributed by atoms with Crippen LogP contribution in [0.5, 0.6) is 0 Å². The summed E-state index contributed by atoms with van der Waals surface area (Å²) >= 11 is 1.71. The van der Waals surface area contributed by atoms with E-state index < -0.39 is 0 Å². The SMILES string of the molecule is COC(c1noc(C2CSCC2O)n1)C(C)C. The van der Waals surface area contributed by atoms with Crippen LogP contribution in [0.4, 0.5) is 0 Å². The zero-order chi connectivity index (χ0) is 12.4. The Bertz CT molecular complexity index is 353. The highest BCUT2D eigenvalue weighted by molar-refractivity contribution is 7.99. The van der Waals surface area contributed by atoms with Crippen LogP contribution in [0, 0.1) is 5.92 Å². The summed E-state index contributed by atoms with van der Waals surface area (Å²) < 4.78 is 10.6. The van der Waals surface area contributed by atoms with E-state index in [2.05, 4.69) is 10.1 Å². The highest BCUT2D eigenvalue weighted by Crippen LogP contribution is 2.33. The molecule has 17 heavy (non-hydrogen) atoms. The number of hydrogen-bond donors (Lipinski definition) is 1. The summed E-state index contributed by atoms with van der Waals surface area (Å²) in [4.78, 5) is 4.36. The van der Waals surface area contributed by atoms with Gasteiger partial charge in [0, 0.05) is 18.6 Å². The third-order valence-corrected chi connectivity index (χ3v) is 4.11. The van der Waals surface area contributed by atoms with Crippen molar-refractivity contribution in [3.63, 3.8) is 0 Å². The van der Waals surface area contributed by atoms with Crippen LogP contribution in [0.2, 0.25) is 0 Å². The average molecular weight is 258 g/mol. The molecule has 0 saturated carbocycles. The molecule has 0 aromatic carbocycles. The molecule has 96 valence electrons. The summed E-state index contributed by atoms with van der Waals surface area (Å²) in [6.45, 7) is 4.09. The van der Waals surface area contributed by atoms with Crippen LogP contribution >= 0.6 is 11.8 Å². The van der Waals surface area contributed by atoms with E-state index in [4.69, 9.17) is 9.26 Å². The van der Waals surface area contributed by atoms with Crippen molar-refractivity contribution in [3.05, 3.63) is 11.7 Å². The first-order valence-corrected chi connectivity index (χ1v) is 6.91. The monoisotopic (exact) mass is 258 g/mol. The zero-order valence-electron chi connectivity index (χ0n) is 10.3. The molecular weight excluding hydrogens is 240 g/mol. The van der Waals surface area contributed by atoms with E-state index in [0.717, 1.165) is 11.5 Å². The number of aliphatic hydroxyl groups excluding tert-OH is 1. The Morgan fingerprint density at radius 1 is 1.47 bits per heavy atom. The molecule has 2 rings (SSSR count). The Morgan fingerprint density at radius 3 is 2.76 bits per heavy atom. The van der Waals surface area contributed by atoms with Gasteiger partial charge in [0.1, 0.15) is 6.10 Å². The van der Waals surface area contributed by atoms with Gasteiger partial charge in [-0.3, -0.25) is 0 Å². The largest absolute Gasteiger partial charge is 0.391 e. The summed E-state index contributed by atoms with van der Waals surface area (Å²) in [7, 11) is 1.64. The molecule has 1 aliphatic heterocycles. The van der Waals surface area contributed by atoms with E-state index in [1.807, 2.05) is 13.8 Å². The van der Waals surface area contributed by atoms with Crippen LogP contribution in [-0.2, 0) is 4.74 Å². The third-order valence-electron chi connectivity index (χ3n) is 2.94. The van der Waals surface area contributed by atoms with Crippen LogP contribution in [-0.4, -0.2) is 40.0 Å². The number of thioether (sulfide) groups is 1. The fourth-order valence-corrected chi connectivity index (χ4v) is 3.20. The number of ether oxygens (including phenoxy) is 1. The molecule has 0 amide bonds. The van der Waals surface area contributed by atoms with Crippen LogP contribution < -0.4 is 0 Å². The minimum absolute atomic E-state index is 0.0362. The normalized spacial score (nSPS) is 26.6. The first kappa shape index (κ1) is 12.9. The molecule has 1 saturated heterocycles. The van der Waals surface area contributed by atoms with E-state index in [0.29, 0.717) is 11.7 Å². The Labute approximate surface area is 105 Å². The second kappa shape index (κ2) is 5.37. The smallest absolute Gasteiger partial charge is 0.233 e. The van der Waals surface area contributed by atoms with Gasteiger partial charge in [0.25, 0.3) is 0 Å². The van der Waals surface area contributed by atoms with Crippen molar-refractivity contribution in [2.75, 3.05) is 18.6 Å². The first-order chi connectivity index (χ1) is 8.13. The van der Waals surface area contributed by atoms with Crippen molar-refractivity contribution in [3.8, 4) is 0 Å². The van der Waals surface area contributed by atoms with E-state index in [9.17, 15) is 5.11 Å². The van der Waals surface area contributed by atoms with Gasteiger partial charge >= 0.3 is 0 Å². The summed E-state index contributed by atoms with van der Waals surface area (Å²) in [5, 5.41) is 13.7. The van der Waals surface area contributed by atoms with Crippen molar-refractivity contribution >= 4 is 11.8 Å². The maximum absolute atomic E-state index is 9.78. The van der Waals surface area contributed by atoms with Crippen molar-refractivity contribution in [2.24, 2.45) is 5.92 Å². The van der Waals surface area contributed by atoms with E-state index in [1.54, 1.807) is 18.9 Å². The Kier molecular flexibility index (Phi) is 4.06. The molecule has 0 aliphatic carbocycles. The predicted molar refractivity (Wildman–Crippen MR) is 65.0 cm³/mol. The lowest BCUT2D eigenvalue weighted by molar-refractivity contribution is 0.0555. The molecule has 0 radical (unpaired) electrons. The lowest BCUT2D eigenvalue weighted by Crippen LogP contribution is -2.16. The van der Waals surface area contributed by atoms with Gasteiger partial charge in [-0.15, -0.1) is 0 Å². The van der Waals surface area contributed by atoms with Crippen LogP contribution in [0.3, 0.4) is 0 Å². The van der Waals surface area contributed by atoms with Gasteiger partial charge in [-0.2, -0.15) is 16.7 Å². The lowest BCUT2D eigenvalue weighted by atomic mass is 10.1. The third kappa shape index (κ3) is 2.64. The zero-order valence-corrected chi connectivity index (χ0v) is 11.1. The molecular formula is C11H18N2O3S. The number of nitrogens with zero attached hydrogens (tertiary/aromatic N) is 2. The molecule has 5 nitrogen and oxygen atoms in total. The molecule has 3 atom stereocenters. The summed E-state index contributed by atoms with van der Waals surface area (Å²) in [6.07, 6.45) is -0.535. The first-order valence-electron chi connectivity index (χ1n) is 5.75. The average Bonchev–Trinajstić information content (AvgIpc) is 2.87. The van der Waals surface area contributed by atoms with Crippen molar-refractivity contribution in [1.82, 2.24) is 10.1 Å². The molecule has 1 aromatic heterocycles. The Balaban J connectivity index is 2.14. The standard InChI is InChI=1S/C11H18N2O3S/c1-6(2)9(15-3)10-12-11(16-13-10)7-4-17-5-8(7)14/h6-9,14H,4-5H2,1-3H3. The molecule has 0 spiro atoms. The minimum Gasteiger partial charge on any atom is -0.391 e. The predicted octanol–water partition coefficient (Wildman–Crippen LogP) is 1.60. The maximum Gasteiger partial charge on any atom is 0.233 e. The molecule has 1 aliphatic rings. The number of rotatable bonds is 4. The number of methoxy groups -OCH3 is 1. The fraction of sp³-hybridized carbons (Fsp3) is 0.818. The van der Waals surface area contributed by atoms with E-state index >= 15 is 0 Å². The number of hydrogen-bond acceptors (Lipinski definition) is 6. The molecule has 6 heteroatoms. The quantitative estimate of drug-likeness (QED) is 0.884. The molecule has 2 heterocycles. The number of aromatic nitrogens is 2. The van der Waals surface area contributed by atoms with Crippen LogP contribution in [0.1, 0.15) is 37.6 Å². The van der Waals surface area contributed by atoms with Gasteiger partial charge in [0.15, 0.2) is 0 Å². The van der Waals surface area contributed by atoms with Gasteiger partial charge in [0.05, 0.1) is 12.0 Å². The summed E-state index contributed by atoms with van der Waals surface area (Å²) in [6, 6.07) is 0. The van der Waals surface area contributed by atoms with Crippen molar-refractivity contribution < 1.29 is 14.4 Å². The molecule has 1 fully saturated rings. The summed E-state index contributed by atoms with van der Waals surface area (Å²) in [5.74, 6) is 2.92. The van der Waals surface area contributed by atoms with Gasteiger partial charge in [-0.05, 0) is 5.92 Å². The molecule has 1 aromatic rings. The topological polar surface area (TPSA) is 68.4 Å². The summed E-state index contributed by atoms with van der Waals surface area (Å²) in [5.41, 5.74) is 0. The highest BCUT2D eigenvalue weighted by Gasteiger charge is 2.33. The Morgan fingerprint density at radius 2 is 2.24 bits per heavy atom. The van der Waals surface area contributed by atoms with Gasteiger partial charge < -0.3 is 14.4 Å². The van der Waals surface area contributed by atoms with Gasteiger partial charge in [-0.25, -0.2) is 0 Å². The van der Waals surface area contributed by atoms with Crippen LogP contribution in [0.15, 0.2) is 4.52 Å². The molecule has 0 bridgehead atoms. The number of aliphatic hydroxyl groups is 1. The second-order valence-corrected chi connectivity index (χ2v) is 5.68. The maximum atomic E-state index is 9.78. The second-order valence-electron chi connectivity index (χ2n) is 4.60. The van der Waals surface area contributed by atoms with Crippen LogP contribution in [0.25, 0.3) is 0 Å². The Hall–Kier alpha value is -0.590. The molecule has 3 unspecified atom stereocenters. The molecule has 1 N–H and O–H groups in total. The van der Waals surface area contributed by atoms with Crippen molar-refractivity contribution in [1.29, 1.82) is 0 Å². The van der Waals surface area contributed by atoms with E-state index in [-0.39, 0.29) is 24.0 Å². The fourth-order valence-electron chi connectivity index (χ4n) is 1.97. The van der Waals surface area contributed by atoms with Gasteiger partial charge in [-0.1, -0.05) is 19.0 Å². The minimum atomic E-state index is -0.381. The highest BCUT2D eigenvalue weighted by atomic mass is 32.2.